The molecule has 0 aliphatic rings. The lowest BCUT2D eigenvalue weighted by molar-refractivity contribution is -0.385. The van der Waals surface area contributed by atoms with Crippen molar-refractivity contribution in [3.8, 4) is 11.5 Å². The number of benzene rings is 2. The van der Waals surface area contributed by atoms with Crippen molar-refractivity contribution in [2.24, 2.45) is 0 Å². The fourth-order valence-electron chi connectivity index (χ4n) is 3.00. The van der Waals surface area contributed by atoms with Crippen LogP contribution in [0.1, 0.15) is 51.0 Å². The molecule has 0 aliphatic heterocycles. The molecular formula is C21H24N2O9. The van der Waals surface area contributed by atoms with E-state index in [4.69, 9.17) is 18.9 Å². The summed E-state index contributed by atoms with van der Waals surface area (Å²) in [4.78, 5) is 33.6. The van der Waals surface area contributed by atoms with Gasteiger partial charge >= 0.3 is 6.16 Å². The van der Waals surface area contributed by atoms with Gasteiger partial charge in [0, 0.05) is 48.6 Å². The average molecular weight is 448 g/mol. The van der Waals surface area contributed by atoms with Crippen LogP contribution in [0.5, 0.6) is 11.5 Å². The second kappa shape index (κ2) is 11.2. The van der Waals surface area contributed by atoms with E-state index in [1.165, 1.54) is 36.4 Å². The lowest BCUT2D eigenvalue weighted by atomic mass is 10.1. The summed E-state index contributed by atoms with van der Waals surface area (Å²) in [7, 11) is 0. The Balaban J connectivity index is 2.32. The summed E-state index contributed by atoms with van der Waals surface area (Å²) in [5.41, 5.74) is 0.222. The molecule has 0 heterocycles. The highest BCUT2D eigenvalue weighted by molar-refractivity contribution is 5.69. The van der Waals surface area contributed by atoms with Crippen LogP contribution >= 0.6 is 0 Å². The third-order valence-electron chi connectivity index (χ3n) is 4.50. The van der Waals surface area contributed by atoms with Crippen molar-refractivity contribution in [3.63, 3.8) is 0 Å². The Morgan fingerprint density at radius 3 is 1.50 bits per heavy atom. The molecule has 0 N–H and O–H groups in total. The van der Waals surface area contributed by atoms with Crippen molar-refractivity contribution < 1.29 is 33.6 Å². The van der Waals surface area contributed by atoms with Crippen LogP contribution in [0.3, 0.4) is 0 Å². The smallest absolute Gasteiger partial charge is 0.394 e. The second-order valence-electron chi connectivity index (χ2n) is 6.61. The van der Waals surface area contributed by atoms with Gasteiger partial charge in [-0.2, -0.15) is 0 Å². The average Bonchev–Trinajstić information content (AvgIpc) is 2.74. The van der Waals surface area contributed by atoms with Crippen molar-refractivity contribution in [3.05, 3.63) is 67.8 Å². The second-order valence-corrected chi connectivity index (χ2v) is 6.61. The third kappa shape index (κ3) is 6.22. The highest BCUT2D eigenvalue weighted by Crippen LogP contribution is 2.34. The number of nitro groups is 2. The fourth-order valence-corrected chi connectivity index (χ4v) is 3.00. The fraction of sp³-hybridized carbons (Fsp3) is 0.381. The van der Waals surface area contributed by atoms with Crippen LogP contribution in [-0.4, -0.2) is 29.2 Å². The van der Waals surface area contributed by atoms with Gasteiger partial charge in [-0.25, -0.2) is 4.79 Å². The van der Waals surface area contributed by atoms with Gasteiger partial charge in [0.1, 0.15) is 11.5 Å². The molecule has 2 unspecified atom stereocenters. The summed E-state index contributed by atoms with van der Waals surface area (Å²) in [5.74, 6) is 0.0609. The van der Waals surface area contributed by atoms with E-state index in [1.807, 2.05) is 0 Å². The lowest BCUT2D eigenvalue weighted by Crippen LogP contribution is -2.17. The molecule has 11 nitrogen and oxygen atoms in total. The van der Waals surface area contributed by atoms with Crippen LogP contribution < -0.4 is 9.47 Å². The molecule has 2 atom stereocenters. The first-order valence-electron chi connectivity index (χ1n) is 9.87. The molecule has 32 heavy (non-hydrogen) atoms. The molecule has 0 fully saturated rings. The minimum atomic E-state index is -1.12. The first kappa shape index (κ1) is 24.7. The minimum Gasteiger partial charge on any atom is -0.394 e. The van der Waals surface area contributed by atoms with Gasteiger partial charge in [-0.1, -0.05) is 0 Å². The lowest BCUT2D eigenvalue weighted by Gasteiger charge is -2.18. The molecule has 0 saturated carbocycles. The van der Waals surface area contributed by atoms with Crippen LogP contribution in [0.2, 0.25) is 0 Å². The van der Waals surface area contributed by atoms with Gasteiger partial charge < -0.3 is 18.9 Å². The molecule has 0 aliphatic carbocycles. The number of hydrogen-bond acceptors (Lipinski definition) is 9. The Hall–Kier alpha value is -3.57. The predicted octanol–water partition coefficient (Wildman–Crippen LogP) is 5.28. The van der Waals surface area contributed by atoms with Gasteiger partial charge in [0.05, 0.1) is 22.1 Å². The zero-order chi connectivity index (χ0) is 23.8. The molecule has 0 spiro atoms. The Kier molecular flexibility index (Phi) is 8.62. The Labute approximate surface area is 184 Å². The Morgan fingerprint density at radius 2 is 1.19 bits per heavy atom. The predicted molar refractivity (Wildman–Crippen MR) is 113 cm³/mol. The van der Waals surface area contributed by atoms with Gasteiger partial charge in [-0.3, -0.25) is 20.2 Å². The van der Waals surface area contributed by atoms with Crippen molar-refractivity contribution in [1.29, 1.82) is 0 Å². The number of nitrogens with zero attached hydrogens (tertiary/aromatic N) is 2. The van der Waals surface area contributed by atoms with E-state index in [2.05, 4.69) is 0 Å². The van der Waals surface area contributed by atoms with E-state index in [9.17, 15) is 25.0 Å². The van der Waals surface area contributed by atoms with Gasteiger partial charge in [0.25, 0.3) is 11.4 Å². The maximum absolute atomic E-state index is 12.5. The van der Waals surface area contributed by atoms with E-state index in [0.29, 0.717) is 24.3 Å². The van der Waals surface area contributed by atoms with E-state index in [-0.39, 0.29) is 22.9 Å². The normalized spacial score (nSPS) is 12.6. The number of ether oxygens (including phenoxy) is 4. The van der Waals surface area contributed by atoms with Crippen LogP contribution in [0.4, 0.5) is 16.2 Å². The largest absolute Gasteiger partial charge is 0.519 e. The summed E-state index contributed by atoms with van der Waals surface area (Å²) >= 11 is 0. The van der Waals surface area contributed by atoms with Gasteiger partial charge in [0.2, 0.25) is 0 Å². The maximum atomic E-state index is 12.5. The molecule has 11 heteroatoms. The maximum Gasteiger partial charge on any atom is 0.519 e. The number of rotatable bonds is 10. The molecular weight excluding hydrogens is 424 g/mol. The molecule has 2 rings (SSSR count). The summed E-state index contributed by atoms with van der Waals surface area (Å²) in [6.45, 7) is 7.54. The van der Waals surface area contributed by atoms with Crippen LogP contribution in [0.25, 0.3) is 0 Å². The first-order chi connectivity index (χ1) is 15.2. The molecule has 0 bridgehead atoms. The standard InChI is InChI=1S/C21H24N2O9/c1-5-29-13(3)17-11-15(22(25)26)7-9-19(17)31-21(24)32-20-10-8-16(23(27)28)12-18(20)14(4)30-6-2/h7-14H,5-6H2,1-4H3. The van der Waals surface area contributed by atoms with Crippen molar-refractivity contribution in [2.45, 2.75) is 39.9 Å². The van der Waals surface area contributed by atoms with Crippen molar-refractivity contribution in [1.82, 2.24) is 0 Å². The molecule has 172 valence electrons. The van der Waals surface area contributed by atoms with Crippen LogP contribution in [-0.2, 0) is 9.47 Å². The van der Waals surface area contributed by atoms with Gasteiger partial charge in [0.15, 0.2) is 0 Å². The summed E-state index contributed by atoms with van der Waals surface area (Å²) < 4.78 is 21.5. The molecule has 0 aromatic heterocycles. The summed E-state index contributed by atoms with van der Waals surface area (Å²) in [6.07, 6.45) is -2.30. The summed E-state index contributed by atoms with van der Waals surface area (Å²) in [6, 6.07) is 7.47. The SMILES string of the molecule is CCOC(C)c1cc([N+](=O)[O-])ccc1OC(=O)Oc1ccc([N+](=O)[O-])cc1C(C)OCC. The zero-order valence-electron chi connectivity index (χ0n) is 18.1. The first-order valence-corrected chi connectivity index (χ1v) is 9.87. The summed E-state index contributed by atoms with van der Waals surface area (Å²) in [5, 5.41) is 22.2. The van der Waals surface area contributed by atoms with Gasteiger partial charge in [-0.15, -0.1) is 0 Å². The highest BCUT2D eigenvalue weighted by atomic mass is 16.7. The molecule has 0 saturated heterocycles. The van der Waals surface area contributed by atoms with E-state index in [1.54, 1.807) is 27.7 Å². The Bertz CT molecular complexity index is 916. The van der Waals surface area contributed by atoms with E-state index < -0.39 is 28.2 Å². The number of non-ortho nitro benzene ring substituents is 2. The zero-order valence-corrected chi connectivity index (χ0v) is 18.1. The molecule has 2 aromatic rings. The highest BCUT2D eigenvalue weighted by Gasteiger charge is 2.23. The monoisotopic (exact) mass is 448 g/mol. The van der Waals surface area contributed by atoms with Gasteiger partial charge in [-0.05, 0) is 39.8 Å². The molecule has 0 amide bonds. The third-order valence-corrected chi connectivity index (χ3v) is 4.50. The quantitative estimate of drug-likeness (QED) is 0.205. The number of carbonyl (C=O) groups is 1. The van der Waals surface area contributed by atoms with E-state index >= 15 is 0 Å². The van der Waals surface area contributed by atoms with E-state index in [0.717, 1.165) is 0 Å². The van der Waals surface area contributed by atoms with Crippen LogP contribution in [0, 0.1) is 20.2 Å². The van der Waals surface area contributed by atoms with Crippen LogP contribution in [0.15, 0.2) is 36.4 Å². The molecule has 0 radical (unpaired) electrons. The number of hydrogen-bond donors (Lipinski definition) is 0. The van der Waals surface area contributed by atoms with Crippen molar-refractivity contribution in [2.75, 3.05) is 13.2 Å². The minimum absolute atomic E-state index is 0.0304. The van der Waals surface area contributed by atoms with Crippen molar-refractivity contribution >= 4 is 17.5 Å². The molecule has 2 aromatic carbocycles. The Morgan fingerprint density at radius 1 is 0.812 bits per heavy atom. The topological polar surface area (TPSA) is 140 Å². The number of carbonyl (C=O) groups excluding carboxylic acids is 1. The number of nitro benzene ring substituents is 2.